The number of halogens is 2. The molecule has 1 heterocycles. The van der Waals surface area contributed by atoms with Crippen LogP contribution in [-0.2, 0) is 9.09 Å². The molecule has 0 fully saturated rings. The molecule has 150 valence electrons. The van der Waals surface area contributed by atoms with Crippen molar-refractivity contribution in [3.63, 3.8) is 0 Å². The lowest BCUT2D eigenvalue weighted by molar-refractivity contribution is 0.0703. The molecule has 9 heteroatoms. The predicted octanol–water partition coefficient (Wildman–Crippen LogP) is 6.12. The molecule has 2 aromatic rings. The van der Waals surface area contributed by atoms with E-state index in [1.54, 1.807) is 19.1 Å². The summed E-state index contributed by atoms with van der Waals surface area (Å²) < 4.78 is 19.0. The van der Waals surface area contributed by atoms with Gasteiger partial charge in [-0.05, 0) is 52.0 Å². The lowest BCUT2D eigenvalue weighted by Gasteiger charge is -2.21. The Morgan fingerprint density at radius 2 is 2.00 bits per heavy atom. The molecule has 2 N–H and O–H groups in total. The highest BCUT2D eigenvalue weighted by Gasteiger charge is 2.31. The number of anilines is 1. The molecular weight excluding hydrogens is 440 g/mol. The van der Waals surface area contributed by atoms with Crippen molar-refractivity contribution in [2.24, 2.45) is 5.41 Å². The van der Waals surface area contributed by atoms with E-state index in [1.807, 2.05) is 20.8 Å². The van der Waals surface area contributed by atoms with Gasteiger partial charge < -0.3 is 14.7 Å². The number of benzene rings is 1. The van der Waals surface area contributed by atoms with Crippen LogP contribution in [0.15, 0.2) is 24.3 Å². The maximum atomic E-state index is 13.5. The van der Waals surface area contributed by atoms with Gasteiger partial charge in [0.05, 0.1) is 27.5 Å². The molecule has 1 aromatic heterocycles. The summed E-state index contributed by atoms with van der Waals surface area (Å²) in [4.78, 5) is 12.2. The Balaban J connectivity index is 2.52. The summed E-state index contributed by atoms with van der Waals surface area (Å²) in [5.41, 5.74) is -0.0724. The van der Waals surface area contributed by atoms with Crippen molar-refractivity contribution < 1.29 is 19.0 Å². The van der Waals surface area contributed by atoms with Crippen LogP contribution >= 0.6 is 42.1 Å². The monoisotopic (exact) mass is 459 g/mol. The summed E-state index contributed by atoms with van der Waals surface area (Å²) in [5, 5.41) is 13.1. The maximum absolute atomic E-state index is 13.5. The molecule has 0 spiro atoms. The van der Waals surface area contributed by atoms with Crippen LogP contribution < -0.4 is 10.4 Å². The smallest absolute Gasteiger partial charge is 0.348 e. The second-order valence-electron chi connectivity index (χ2n) is 6.84. The molecular formula is C19H20Cl2NO4PS. The third-order valence-corrected chi connectivity index (χ3v) is 7.19. The van der Waals surface area contributed by atoms with Crippen molar-refractivity contribution in [1.29, 1.82) is 0 Å². The summed E-state index contributed by atoms with van der Waals surface area (Å²) >= 11 is 13.1. The number of hydrogen-bond acceptors (Lipinski definition) is 4. The Morgan fingerprint density at radius 1 is 1.32 bits per heavy atom. The molecule has 1 aromatic carbocycles. The van der Waals surface area contributed by atoms with Crippen LogP contribution in [0.4, 0.5) is 5.69 Å². The fourth-order valence-electron chi connectivity index (χ4n) is 2.17. The summed E-state index contributed by atoms with van der Waals surface area (Å²) in [6.45, 7) is 7.68. The molecule has 0 aliphatic carbocycles. The van der Waals surface area contributed by atoms with Gasteiger partial charge in [0.15, 0.2) is 0 Å². The van der Waals surface area contributed by atoms with Crippen molar-refractivity contribution in [3.8, 4) is 11.8 Å². The van der Waals surface area contributed by atoms with Crippen LogP contribution in [0.1, 0.15) is 42.2 Å². The highest BCUT2D eigenvalue weighted by molar-refractivity contribution is 7.68. The van der Waals surface area contributed by atoms with Gasteiger partial charge >= 0.3 is 13.5 Å². The summed E-state index contributed by atoms with van der Waals surface area (Å²) in [6, 6.07) is 6.06. The van der Waals surface area contributed by atoms with E-state index in [4.69, 9.17) is 27.7 Å². The third kappa shape index (κ3) is 5.76. The van der Waals surface area contributed by atoms with Gasteiger partial charge in [-0.3, -0.25) is 4.57 Å². The third-order valence-electron chi connectivity index (χ3n) is 3.29. The predicted molar refractivity (Wildman–Crippen MR) is 117 cm³/mol. The zero-order chi connectivity index (χ0) is 21.1. The van der Waals surface area contributed by atoms with Crippen molar-refractivity contribution in [1.82, 2.24) is 0 Å². The van der Waals surface area contributed by atoms with Crippen LogP contribution in [0, 0.1) is 17.3 Å². The maximum Gasteiger partial charge on any atom is 0.348 e. The summed E-state index contributed by atoms with van der Waals surface area (Å²) in [6.07, 6.45) is 0. The second kappa shape index (κ2) is 8.90. The van der Waals surface area contributed by atoms with E-state index < -0.39 is 13.5 Å². The van der Waals surface area contributed by atoms with Gasteiger partial charge in [-0.25, -0.2) is 4.79 Å². The van der Waals surface area contributed by atoms with Crippen molar-refractivity contribution >= 4 is 59.0 Å². The Bertz CT molecular complexity index is 1000. The van der Waals surface area contributed by atoms with Crippen molar-refractivity contribution in [2.45, 2.75) is 27.7 Å². The number of aromatic carboxylic acids is 1. The first-order valence-electron chi connectivity index (χ1n) is 8.34. The lowest BCUT2D eigenvalue weighted by Crippen LogP contribution is -2.16. The first-order chi connectivity index (χ1) is 12.9. The zero-order valence-electron chi connectivity index (χ0n) is 15.8. The Hall–Kier alpha value is -1.48. The second-order valence-corrected chi connectivity index (χ2v) is 10.8. The highest BCUT2D eigenvalue weighted by Crippen LogP contribution is 2.49. The average molecular weight is 460 g/mol. The molecule has 2 rings (SSSR count). The lowest BCUT2D eigenvalue weighted by atomic mass is 9.98. The largest absolute Gasteiger partial charge is 0.477 e. The van der Waals surface area contributed by atoms with Crippen molar-refractivity contribution in [3.05, 3.63) is 44.1 Å². The van der Waals surface area contributed by atoms with E-state index in [0.717, 1.165) is 11.3 Å². The van der Waals surface area contributed by atoms with Crippen LogP contribution in [0.5, 0.6) is 0 Å². The fourth-order valence-corrected chi connectivity index (χ4v) is 5.59. The quantitative estimate of drug-likeness (QED) is 0.402. The minimum atomic E-state index is -3.70. The van der Waals surface area contributed by atoms with Crippen LogP contribution in [0.2, 0.25) is 10.0 Å². The first kappa shape index (κ1) is 22.8. The number of rotatable bonds is 6. The molecule has 0 aliphatic rings. The molecule has 0 saturated carbocycles. The number of hydrogen-bond donors (Lipinski definition) is 2. The van der Waals surface area contributed by atoms with Crippen LogP contribution in [-0.4, -0.2) is 17.7 Å². The Kier molecular flexibility index (Phi) is 7.25. The Morgan fingerprint density at radius 3 is 2.54 bits per heavy atom. The molecule has 5 nitrogen and oxygen atoms in total. The summed E-state index contributed by atoms with van der Waals surface area (Å²) in [5.74, 6) is 4.87. The molecule has 0 saturated heterocycles. The molecule has 0 aliphatic heterocycles. The van der Waals surface area contributed by atoms with E-state index in [0.29, 0.717) is 9.90 Å². The normalized spacial score (nSPS) is 13.4. The zero-order valence-corrected chi connectivity index (χ0v) is 19.0. The Labute approximate surface area is 178 Å². The minimum absolute atomic E-state index is 0.0109. The number of thiophene rings is 1. The summed E-state index contributed by atoms with van der Waals surface area (Å²) in [7, 11) is -3.70. The highest BCUT2D eigenvalue weighted by atomic mass is 35.5. The molecule has 0 radical (unpaired) electrons. The first-order valence-corrected chi connectivity index (χ1v) is 11.5. The van der Waals surface area contributed by atoms with Crippen LogP contribution in [0.3, 0.4) is 0 Å². The van der Waals surface area contributed by atoms with E-state index >= 15 is 0 Å². The van der Waals surface area contributed by atoms with E-state index in [9.17, 15) is 14.5 Å². The van der Waals surface area contributed by atoms with Gasteiger partial charge in [0, 0.05) is 10.4 Å². The SMILES string of the molecule is CCOP(=O)(Nc1cc(C#CC(C)(C)C)sc1C(=O)O)c1ccc(Cl)cc1Cl. The van der Waals surface area contributed by atoms with Gasteiger partial charge in [-0.15, -0.1) is 11.3 Å². The van der Waals surface area contributed by atoms with Crippen molar-refractivity contribution in [2.75, 3.05) is 11.7 Å². The van der Waals surface area contributed by atoms with E-state index in [1.165, 1.54) is 12.1 Å². The topological polar surface area (TPSA) is 75.6 Å². The molecule has 0 bridgehead atoms. The van der Waals surface area contributed by atoms with Gasteiger partial charge in [0.1, 0.15) is 4.88 Å². The molecule has 1 unspecified atom stereocenters. The molecule has 28 heavy (non-hydrogen) atoms. The van der Waals surface area contributed by atoms with Crippen LogP contribution in [0.25, 0.3) is 0 Å². The molecule has 0 amide bonds. The number of carbonyl (C=O) groups is 1. The van der Waals surface area contributed by atoms with Gasteiger partial charge in [0.2, 0.25) is 0 Å². The minimum Gasteiger partial charge on any atom is -0.477 e. The fraction of sp³-hybridized carbons (Fsp3) is 0.316. The van der Waals surface area contributed by atoms with Gasteiger partial charge in [-0.1, -0.05) is 35.0 Å². The average Bonchev–Trinajstić information content (AvgIpc) is 2.95. The van der Waals surface area contributed by atoms with Gasteiger partial charge in [-0.2, -0.15) is 0 Å². The van der Waals surface area contributed by atoms with E-state index in [2.05, 4.69) is 16.9 Å². The van der Waals surface area contributed by atoms with Gasteiger partial charge in [0.25, 0.3) is 0 Å². The number of carboxylic acids is 1. The number of nitrogens with one attached hydrogen (secondary N) is 1. The molecule has 1 atom stereocenters. The standard InChI is InChI=1S/C19H20Cl2NO4PS/c1-5-26-27(25,16-7-6-12(20)10-14(16)21)22-15-11-13(8-9-19(2,3)4)28-17(15)18(23)24/h6-7,10-11H,5H2,1-4H3,(H,22,25)(H,23,24). The van der Waals surface area contributed by atoms with E-state index in [-0.39, 0.29) is 32.9 Å². The number of carboxylic acid groups (broad SMARTS) is 1.